The van der Waals surface area contributed by atoms with Gasteiger partial charge in [-0.15, -0.1) is 0 Å². The van der Waals surface area contributed by atoms with Gasteiger partial charge in [-0.25, -0.2) is 4.39 Å². The lowest BCUT2D eigenvalue weighted by atomic mass is 9.95. The minimum atomic E-state index is -0.598. The molecule has 0 bridgehead atoms. The number of methoxy groups -OCH3 is 1. The number of benzene rings is 2. The molecule has 3 aromatic rings. The van der Waals surface area contributed by atoms with Crippen LogP contribution in [0.3, 0.4) is 0 Å². The van der Waals surface area contributed by atoms with Crippen molar-refractivity contribution in [3.63, 3.8) is 0 Å². The van der Waals surface area contributed by atoms with Gasteiger partial charge < -0.3 is 15.0 Å². The molecule has 0 radical (unpaired) electrons. The Morgan fingerprint density at radius 2 is 1.94 bits per heavy atom. The summed E-state index contributed by atoms with van der Waals surface area (Å²) in [6, 6.07) is 13.3. The predicted molar refractivity (Wildman–Crippen MR) is 118 cm³/mol. The number of fused-ring (bicyclic) bond motifs is 1. The lowest BCUT2D eigenvalue weighted by Gasteiger charge is -2.31. The van der Waals surface area contributed by atoms with Crippen LogP contribution < -0.4 is 10.1 Å². The number of nitrogens with zero attached hydrogens (tertiary/aromatic N) is 3. The Morgan fingerprint density at radius 1 is 1.19 bits per heavy atom. The first-order valence-electron chi connectivity index (χ1n) is 10.4. The number of nitrogens with one attached hydrogen (secondary N) is 1. The molecule has 0 aliphatic carbocycles. The van der Waals surface area contributed by atoms with Crippen molar-refractivity contribution in [1.82, 2.24) is 14.7 Å². The van der Waals surface area contributed by atoms with Gasteiger partial charge in [-0.2, -0.15) is 5.10 Å². The number of aromatic nitrogens is 2. The van der Waals surface area contributed by atoms with Gasteiger partial charge in [-0.05, 0) is 36.2 Å². The first kappa shape index (κ1) is 21.5. The van der Waals surface area contributed by atoms with Gasteiger partial charge >= 0.3 is 0 Å². The Morgan fingerprint density at radius 3 is 2.69 bits per heavy atom. The molecule has 0 unspecified atom stereocenters. The number of aryl methyl sites for hydroxylation is 2. The molecule has 1 atom stereocenters. The first-order valence-corrected chi connectivity index (χ1v) is 10.4. The molecule has 2 aromatic carbocycles. The van der Waals surface area contributed by atoms with Gasteiger partial charge in [0.25, 0.3) is 0 Å². The third kappa shape index (κ3) is 4.64. The maximum Gasteiger partial charge on any atom is 0.235 e. The lowest BCUT2D eigenvalue weighted by molar-refractivity contribution is -0.133. The topological polar surface area (TPSA) is 76.5 Å². The number of amides is 2. The van der Waals surface area contributed by atoms with E-state index in [4.69, 9.17) is 4.74 Å². The molecule has 0 fully saturated rings. The molecule has 2 amide bonds. The van der Waals surface area contributed by atoms with E-state index >= 15 is 0 Å². The van der Waals surface area contributed by atoms with E-state index in [1.165, 1.54) is 12.1 Å². The average Bonchev–Trinajstić information content (AvgIpc) is 3.18. The molecule has 0 saturated carbocycles. The molecule has 1 aliphatic heterocycles. The number of rotatable bonds is 6. The van der Waals surface area contributed by atoms with Gasteiger partial charge in [0.1, 0.15) is 17.5 Å². The van der Waals surface area contributed by atoms with Crippen LogP contribution in [0.15, 0.2) is 54.7 Å². The minimum Gasteiger partial charge on any atom is -0.495 e. The molecule has 8 heteroatoms. The number of para-hydroxylation sites is 2. The number of carbonyl (C=O) groups is 2. The van der Waals surface area contributed by atoms with E-state index in [1.54, 1.807) is 48.0 Å². The molecule has 2 heterocycles. The summed E-state index contributed by atoms with van der Waals surface area (Å²) in [6.07, 6.45) is 2.63. The highest BCUT2D eigenvalue weighted by molar-refractivity contribution is 5.97. The molecule has 0 spiro atoms. The van der Waals surface area contributed by atoms with E-state index in [2.05, 4.69) is 10.4 Å². The zero-order valence-corrected chi connectivity index (χ0v) is 18.0. The van der Waals surface area contributed by atoms with Crippen LogP contribution in [0.4, 0.5) is 10.1 Å². The third-order valence-electron chi connectivity index (χ3n) is 5.61. The Labute approximate surface area is 185 Å². The van der Waals surface area contributed by atoms with E-state index in [-0.39, 0.29) is 30.6 Å². The fourth-order valence-electron chi connectivity index (χ4n) is 3.97. The van der Waals surface area contributed by atoms with Crippen molar-refractivity contribution < 1.29 is 18.7 Å². The Bertz CT molecular complexity index is 1130. The van der Waals surface area contributed by atoms with Gasteiger partial charge in [0.05, 0.1) is 18.5 Å². The molecule has 166 valence electrons. The highest BCUT2D eigenvalue weighted by Crippen LogP contribution is 2.30. The van der Waals surface area contributed by atoms with Crippen LogP contribution in [0, 0.1) is 5.82 Å². The second-order valence-corrected chi connectivity index (χ2v) is 7.86. The molecule has 0 saturated heterocycles. The van der Waals surface area contributed by atoms with Crippen molar-refractivity contribution in [1.29, 1.82) is 0 Å². The summed E-state index contributed by atoms with van der Waals surface area (Å²) in [5, 5.41) is 7.40. The second kappa shape index (κ2) is 9.21. The minimum absolute atomic E-state index is 0.0566. The Balaban J connectivity index is 1.50. The number of hydrogen-bond donors (Lipinski definition) is 1. The van der Waals surface area contributed by atoms with Crippen molar-refractivity contribution in [2.24, 2.45) is 7.05 Å². The molecule has 32 heavy (non-hydrogen) atoms. The summed E-state index contributed by atoms with van der Waals surface area (Å²) >= 11 is 0. The number of ether oxygens (including phenoxy) is 1. The summed E-state index contributed by atoms with van der Waals surface area (Å²) in [5.41, 5.74) is 3.00. The predicted octanol–water partition coefficient (Wildman–Crippen LogP) is 3.27. The fourth-order valence-corrected chi connectivity index (χ4v) is 3.97. The molecule has 7 nitrogen and oxygen atoms in total. The van der Waals surface area contributed by atoms with Gasteiger partial charge in [0.2, 0.25) is 11.8 Å². The number of halogens is 1. The Kier molecular flexibility index (Phi) is 6.20. The van der Waals surface area contributed by atoms with Gasteiger partial charge in [0.15, 0.2) is 0 Å². The first-order chi connectivity index (χ1) is 15.4. The van der Waals surface area contributed by atoms with Crippen molar-refractivity contribution >= 4 is 17.5 Å². The van der Waals surface area contributed by atoms with Crippen molar-refractivity contribution in [3.05, 3.63) is 77.4 Å². The van der Waals surface area contributed by atoms with Crippen LogP contribution in [0.1, 0.15) is 29.2 Å². The smallest absolute Gasteiger partial charge is 0.235 e. The second-order valence-electron chi connectivity index (χ2n) is 7.86. The van der Waals surface area contributed by atoms with Crippen LogP contribution in [-0.2, 0) is 29.6 Å². The van der Waals surface area contributed by atoms with E-state index in [9.17, 15) is 14.0 Å². The standard InChI is InChI=1S/C24H25FN4O3/c1-28-13-17-14-29(22(30)12-9-16-7-10-18(25)11-8-16)15-19(23(17)27-28)24(31)26-20-5-3-4-6-21(20)32-2/h3-8,10-11,13,19H,9,12,14-15H2,1-2H3,(H,26,31)/t19-/m0/s1. The molecule has 4 rings (SSSR count). The molecule has 1 aromatic heterocycles. The van der Waals surface area contributed by atoms with E-state index in [1.807, 2.05) is 18.3 Å². The fraction of sp³-hybridized carbons (Fsp3) is 0.292. The van der Waals surface area contributed by atoms with Crippen LogP contribution in [-0.4, -0.2) is 40.1 Å². The molecule has 1 aliphatic rings. The Hall–Kier alpha value is -3.68. The van der Waals surface area contributed by atoms with Crippen LogP contribution in [0.5, 0.6) is 5.75 Å². The highest BCUT2D eigenvalue weighted by Gasteiger charge is 2.35. The zero-order chi connectivity index (χ0) is 22.7. The maximum atomic E-state index is 13.2. The van der Waals surface area contributed by atoms with Crippen molar-refractivity contribution in [2.75, 3.05) is 19.0 Å². The summed E-state index contributed by atoms with van der Waals surface area (Å²) in [5.74, 6) is -0.640. The summed E-state index contributed by atoms with van der Waals surface area (Å²) < 4.78 is 20.1. The molecular weight excluding hydrogens is 411 g/mol. The largest absolute Gasteiger partial charge is 0.495 e. The van der Waals surface area contributed by atoms with Crippen molar-refractivity contribution in [3.8, 4) is 5.75 Å². The summed E-state index contributed by atoms with van der Waals surface area (Å²) in [7, 11) is 3.35. The van der Waals surface area contributed by atoms with Gasteiger partial charge in [0, 0.05) is 38.3 Å². The lowest BCUT2D eigenvalue weighted by Crippen LogP contribution is -2.42. The third-order valence-corrected chi connectivity index (χ3v) is 5.61. The van der Waals surface area contributed by atoms with E-state index in [0.29, 0.717) is 30.1 Å². The van der Waals surface area contributed by atoms with Gasteiger partial charge in [-0.1, -0.05) is 24.3 Å². The van der Waals surface area contributed by atoms with Crippen molar-refractivity contribution in [2.45, 2.75) is 25.3 Å². The van der Waals surface area contributed by atoms with E-state index in [0.717, 1.165) is 11.1 Å². The summed E-state index contributed by atoms with van der Waals surface area (Å²) in [6.45, 7) is 0.650. The normalized spacial score (nSPS) is 15.2. The highest BCUT2D eigenvalue weighted by atomic mass is 19.1. The molecular formula is C24H25FN4O3. The average molecular weight is 436 g/mol. The number of anilines is 1. The summed E-state index contributed by atoms with van der Waals surface area (Å²) in [4.78, 5) is 27.8. The number of carbonyl (C=O) groups excluding carboxylic acids is 2. The van der Waals surface area contributed by atoms with Gasteiger partial charge in [-0.3, -0.25) is 14.3 Å². The maximum absolute atomic E-state index is 13.2. The SMILES string of the molecule is COc1ccccc1NC(=O)[C@H]1CN(C(=O)CCc2ccc(F)cc2)Cc2cn(C)nc21. The van der Waals surface area contributed by atoms with Crippen LogP contribution in [0.2, 0.25) is 0 Å². The van der Waals surface area contributed by atoms with Crippen LogP contribution >= 0.6 is 0 Å². The van der Waals surface area contributed by atoms with E-state index < -0.39 is 5.92 Å². The quantitative estimate of drug-likeness (QED) is 0.644. The van der Waals surface area contributed by atoms with Crippen LogP contribution in [0.25, 0.3) is 0 Å². The monoisotopic (exact) mass is 436 g/mol. The zero-order valence-electron chi connectivity index (χ0n) is 18.0. The molecule has 1 N–H and O–H groups in total. The number of hydrogen-bond acceptors (Lipinski definition) is 4.